The number of pyridine rings is 1. The van der Waals surface area contributed by atoms with Gasteiger partial charge in [-0.05, 0) is 12.1 Å². The fraction of sp³-hybridized carbons (Fsp3) is 0. The lowest BCUT2D eigenvalue weighted by molar-refractivity contribution is 0.0686. The molecule has 0 aliphatic carbocycles. The third-order valence-corrected chi connectivity index (χ3v) is 1.61. The molecule has 0 fully saturated rings. The summed E-state index contributed by atoms with van der Waals surface area (Å²) in [5.41, 5.74) is -0.124. The van der Waals surface area contributed by atoms with Crippen molar-refractivity contribution in [3.05, 3.63) is 23.0 Å². The molecule has 0 saturated heterocycles. The predicted octanol–water partition coefficient (Wildman–Crippen LogP) is 1.72. The number of hydrogen-bond acceptors (Lipinski definition) is 3. The second-order valence-electron chi connectivity index (χ2n) is 1.81. The Morgan fingerprint density at radius 2 is 2.27 bits per heavy atom. The molecule has 0 aromatic carbocycles. The molecule has 11 heavy (non-hydrogen) atoms. The number of hydrogen-bond donors (Lipinski definition) is 2. The average molecular weight is 190 g/mol. The summed E-state index contributed by atoms with van der Waals surface area (Å²) < 4.78 is 0. The highest BCUT2D eigenvalue weighted by Gasteiger charge is 2.08. The maximum atomic E-state index is 10.4. The molecule has 0 aliphatic heterocycles. The Kier molecular flexibility index (Phi) is 2.36. The van der Waals surface area contributed by atoms with Gasteiger partial charge in [-0.2, -0.15) is 0 Å². The SMILES string of the molecule is O=C(O)c1nc(Cl)ccc1S. The van der Waals surface area contributed by atoms with E-state index in [1.54, 1.807) is 0 Å². The van der Waals surface area contributed by atoms with E-state index < -0.39 is 5.97 Å². The maximum absolute atomic E-state index is 10.4. The van der Waals surface area contributed by atoms with Crippen LogP contribution in [-0.2, 0) is 0 Å². The smallest absolute Gasteiger partial charge is 0.355 e. The monoisotopic (exact) mass is 189 g/mol. The molecule has 58 valence electrons. The first kappa shape index (κ1) is 8.36. The normalized spacial score (nSPS) is 9.64. The van der Waals surface area contributed by atoms with Crippen molar-refractivity contribution in [3.8, 4) is 0 Å². The van der Waals surface area contributed by atoms with Crippen LogP contribution in [0.4, 0.5) is 0 Å². The van der Waals surface area contributed by atoms with Crippen LogP contribution < -0.4 is 0 Å². The average Bonchev–Trinajstić information content (AvgIpc) is 1.94. The molecule has 0 saturated carbocycles. The molecule has 1 aromatic rings. The number of carbonyl (C=O) groups is 1. The number of carboxylic acid groups (broad SMARTS) is 1. The Morgan fingerprint density at radius 3 is 2.73 bits per heavy atom. The molecule has 1 heterocycles. The van der Waals surface area contributed by atoms with Gasteiger partial charge >= 0.3 is 5.97 Å². The third kappa shape index (κ3) is 1.85. The van der Waals surface area contributed by atoms with Crippen molar-refractivity contribution in [1.82, 2.24) is 4.98 Å². The molecular formula is C6H4ClNO2S. The number of aromatic nitrogens is 1. The summed E-state index contributed by atoms with van der Waals surface area (Å²) in [5, 5.41) is 8.67. The first-order valence-corrected chi connectivity index (χ1v) is 3.52. The number of nitrogens with zero attached hydrogens (tertiary/aromatic N) is 1. The Hall–Kier alpha value is -0.740. The summed E-state index contributed by atoms with van der Waals surface area (Å²) in [6.07, 6.45) is 0. The van der Waals surface area contributed by atoms with Crippen molar-refractivity contribution in [3.63, 3.8) is 0 Å². The van der Waals surface area contributed by atoms with E-state index in [9.17, 15) is 4.79 Å². The highest BCUT2D eigenvalue weighted by Crippen LogP contribution is 2.14. The van der Waals surface area contributed by atoms with Gasteiger partial charge in [0, 0.05) is 4.90 Å². The predicted molar refractivity (Wildman–Crippen MR) is 43.5 cm³/mol. The minimum Gasteiger partial charge on any atom is -0.476 e. The summed E-state index contributed by atoms with van der Waals surface area (Å²) in [4.78, 5) is 14.3. The van der Waals surface area contributed by atoms with Crippen LogP contribution in [0.15, 0.2) is 17.0 Å². The molecule has 3 nitrogen and oxygen atoms in total. The molecule has 1 rings (SSSR count). The fourth-order valence-corrected chi connectivity index (χ4v) is 0.953. The fourth-order valence-electron chi connectivity index (χ4n) is 0.585. The maximum Gasteiger partial charge on any atom is 0.355 e. The Bertz CT molecular complexity index is 303. The van der Waals surface area contributed by atoms with Gasteiger partial charge in [0.15, 0.2) is 5.69 Å². The minimum atomic E-state index is -1.13. The quantitative estimate of drug-likeness (QED) is 0.523. The van der Waals surface area contributed by atoms with Gasteiger partial charge in [0.1, 0.15) is 5.15 Å². The number of aromatic carboxylic acids is 1. The lowest BCUT2D eigenvalue weighted by Crippen LogP contribution is -2.01. The molecule has 0 unspecified atom stereocenters. The summed E-state index contributed by atoms with van der Waals surface area (Å²) in [7, 11) is 0. The van der Waals surface area contributed by atoms with Crippen molar-refractivity contribution in [2.45, 2.75) is 4.90 Å². The van der Waals surface area contributed by atoms with Gasteiger partial charge in [0.05, 0.1) is 0 Å². The van der Waals surface area contributed by atoms with Crippen molar-refractivity contribution in [2.75, 3.05) is 0 Å². The molecule has 0 atom stereocenters. The van der Waals surface area contributed by atoms with E-state index in [-0.39, 0.29) is 10.8 Å². The van der Waals surface area contributed by atoms with Crippen molar-refractivity contribution in [2.24, 2.45) is 0 Å². The van der Waals surface area contributed by atoms with Crippen LogP contribution in [0.25, 0.3) is 0 Å². The van der Waals surface area contributed by atoms with Gasteiger partial charge in [-0.25, -0.2) is 9.78 Å². The van der Waals surface area contributed by atoms with Crippen molar-refractivity contribution >= 4 is 30.2 Å². The summed E-state index contributed by atoms with van der Waals surface area (Å²) in [6.45, 7) is 0. The van der Waals surface area contributed by atoms with Gasteiger partial charge in [0.25, 0.3) is 0 Å². The lowest BCUT2D eigenvalue weighted by atomic mass is 10.3. The zero-order chi connectivity index (χ0) is 8.43. The van der Waals surface area contributed by atoms with Gasteiger partial charge < -0.3 is 5.11 Å². The number of halogens is 1. The standard InChI is InChI=1S/C6H4ClNO2S/c7-4-2-1-3(11)5(8-4)6(9)10/h1-2,11H,(H,9,10). The van der Waals surface area contributed by atoms with E-state index in [1.165, 1.54) is 12.1 Å². The van der Waals surface area contributed by atoms with E-state index in [0.29, 0.717) is 4.90 Å². The second-order valence-corrected chi connectivity index (χ2v) is 2.68. The van der Waals surface area contributed by atoms with E-state index in [0.717, 1.165) is 0 Å². The molecule has 0 amide bonds. The van der Waals surface area contributed by atoms with Gasteiger partial charge in [-0.3, -0.25) is 0 Å². The van der Waals surface area contributed by atoms with E-state index in [4.69, 9.17) is 16.7 Å². The highest BCUT2D eigenvalue weighted by molar-refractivity contribution is 7.80. The minimum absolute atomic E-state index is 0.124. The Balaban J connectivity index is 3.23. The topological polar surface area (TPSA) is 50.2 Å². The number of thiol groups is 1. The largest absolute Gasteiger partial charge is 0.476 e. The first-order chi connectivity index (χ1) is 5.11. The summed E-state index contributed by atoms with van der Waals surface area (Å²) >= 11 is 9.34. The van der Waals surface area contributed by atoms with Crippen molar-refractivity contribution in [1.29, 1.82) is 0 Å². The number of carboxylic acids is 1. The van der Waals surface area contributed by atoms with Crippen LogP contribution in [0.5, 0.6) is 0 Å². The molecule has 5 heteroatoms. The summed E-state index contributed by atoms with van der Waals surface area (Å²) in [6, 6.07) is 2.97. The van der Waals surface area contributed by atoms with E-state index in [1.807, 2.05) is 0 Å². The van der Waals surface area contributed by atoms with Gasteiger partial charge in [-0.15, -0.1) is 12.6 Å². The van der Waals surface area contributed by atoms with Crippen LogP contribution in [0.1, 0.15) is 10.5 Å². The van der Waals surface area contributed by atoms with Crippen LogP contribution in [0.2, 0.25) is 5.15 Å². The van der Waals surface area contributed by atoms with Gasteiger partial charge in [0.2, 0.25) is 0 Å². The zero-order valence-corrected chi connectivity index (χ0v) is 6.93. The van der Waals surface area contributed by atoms with Crippen LogP contribution in [-0.4, -0.2) is 16.1 Å². The number of rotatable bonds is 1. The van der Waals surface area contributed by atoms with E-state index in [2.05, 4.69) is 17.6 Å². The van der Waals surface area contributed by atoms with Crippen LogP contribution in [0, 0.1) is 0 Å². The van der Waals surface area contributed by atoms with Crippen molar-refractivity contribution < 1.29 is 9.90 Å². The lowest BCUT2D eigenvalue weighted by Gasteiger charge is -1.97. The van der Waals surface area contributed by atoms with E-state index >= 15 is 0 Å². The Labute approximate surface area is 73.4 Å². The van der Waals surface area contributed by atoms with Crippen LogP contribution >= 0.6 is 24.2 Å². The molecule has 0 aliphatic rings. The summed E-state index contributed by atoms with van der Waals surface area (Å²) in [5.74, 6) is -1.13. The molecule has 0 radical (unpaired) electrons. The molecule has 0 bridgehead atoms. The molecule has 1 N–H and O–H groups in total. The Morgan fingerprint density at radius 1 is 1.64 bits per heavy atom. The first-order valence-electron chi connectivity index (χ1n) is 2.70. The highest BCUT2D eigenvalue weighted by atomic mass is 35.5. The molecule has 0 spiro atoms. The van der Waals surface area contributed by atoms with Crippen LogP contribution in [0.3, 0.4) is 0 Å². The third-order valence-electron chi connectivity index (χ3n) is 1.04. The zero-order valence-electron chi connectivity index (χ0n) is 5.28. The molecule has 1 aromatic heterocycles. The molecular weight excluding hydrogens is 186 g/mol. The van der Waals surface area contributed by atoms with Gasteiger partial charge in [-0.1, -0.05) is 11.6 Å². The second kappa shape index (κ2) is 3.11.